The number of benzene rings is 1. The first-order valence-electron chi connectivity index (χ1n) is 14.8. The highest BCUT2D eigenvalue weighted by Crippen LogP contribution is 2.40. The number of rotatable bonds is 11. The van der Waals surface area contributed by atoms with E-state index >= 15 is 0 Å². The summed E-state index contributed by atoms with van der Waals surface area (Å²) in [5.41, 5.74) is 2.17. The van der Waals surface area contributed by atoms with Gasteiger partial charge in [-0.15, -0.1) is 0 Å². The molecule has 43 heavy (non-hydrogen) atoms. The summed E-state index contributed by atoms with van der Waals surface area (Å²) in [7, 11) is -3.05. The average molecular weight is 619 g/mol. The zero-order chi connectivity index (χ0) is 30.9. The van der Waals surface area contributed by atoms with Crippen molar-refractivity contribution >= 4 is 43.9 Å². The van der Waals surface area contributed by atoms with Gasteiger partial charge in [-0.05, 0) is 48.4 Å². The van der Waals surface area contributed by atoms with Crippen LogP contribution in [0.5, 0.6) is 0 Å². The van der Waals surface area contributed by atoms with Gasteiger partial charge in [-0.3, -0.25) is 0 Å². The molecule has 0 aliphatic carbocycles. The number of anilines is 4. The van der Waals surface area contributed by atoms with Gasteiger partial charge < -0.3 is 25.0 Å². The van der Waals surface area contributed by atoms with Crippen molar-refractivity contribution in [2.24, 2.45) is 5.92 Å². The van der Waals surface area contributed by atoms with Crippen LogP contribution < -0.4 is 15.1 Å². The molecule has 0 unspecified atom stereocenters. The number of hydrogen-bond acceptors (Lipinski definition) is 10. The van der Waals surface area contributed by atoms with E-state index in [1.165, 1.54) is 11.1 Å². The van der Waals surface area contributed by atoms with E-state index < -0.39 is 28.4 Å². The third-order valence-electron chi connectivity index (χ3n) is 8.48. The highest BCUT2D eigenvalue weighted by molar-refractivity contribution is 7.91. The maximum absolute atomic E-state index is 14.7. The molecule has 2 fully saturated rings. The van der Waals surface area contributed by atoms with Gasteiger partial charge >= 0.3 is 0 Å². The number of aliphatic hydroxyl groups is 1. The summed E-state index contributed by atoms with van der Waals surface area (Å²) in [5, 5.41) is 14.2. The van der Waals surface area contributed by atoms with Crippen LogP contribution in [0.3, 0.4) is 0 Å². The first-order valence-corrected chi connectivity index (χ1v) is 16.6. The Morgan fingerprint density at radius 2 is 1.98 bits per heavy atom. The van der Waals surface area contributed by atoms with E-state index in [9.17, 15) is 17.2 Å². The van der Waals surface area contributed by atoms with Crippen LogP contribution in [0.25, 0.3) is 10.8 Å². The highest BCUT2D eigenvalue weighted by Gasteiger charge is 2.46. The number of alkyl halides is 2. The molecule has 3 aromatic rings. The topological polar surface area (TPSA) is 121 Å². The third-order valence-corrected chi connectivity index (χ3v) is 10.3. The van der Waals surface area contributed by atoms with Gasteiger partial charge in [0.05, 0.1) is 25.5 Å². The Morgan fingerprint density at radius 3 is 2.65 bits per heavy atom. The molecular weight excluding hydrogens is 578 g/mol. The lowest BCUT2D eigenvalue weighted by Gasteiger charge is -2.48. The number of piperidine rings is 1. The molecule has 1 aromatic carbocycles. The Bertz CT molecular complexity index is 1560. The van der Waals surface area contributed by atoms with Crippen molar-refractivity contribution in [3.63, 3.8) is 0 Å². The molecule has 3 atom stereocenters. The molecule has 234 valence electrons. The van der Waals surface area contributed by atoms with Crippen molar-refractivity contribution in [1.82, 2.24) is 15.0 Å². The highest BCUT2D eigenvalue weighted by atomic mass is 32.2. The Morgan fingerprint density at radius 1 is 1.19 bits per heavy atom. The fourth-order valence-electron chi connectivity index (χ4n) is 5.90. The molecule has 2 saturated heterocycles. The van der Waals surface area contributed by atoms with E-state index in [1.807, 2.05) is 12.3 Å². The Labute approximate surface area is 251 Å². The fourth-order valence-corrected chi connectivity index (χ4v) is 7.17. The summed E-state index contributed by atoms with van der Waals surface area (Å²) in [6.45, 7) is 7.96. The van der Waals surface area contributed by atoms with E-state index in [1.54, 1.807) is 13.0 Å². The van der Waals surface area contributed by atoms with Gasteiger partial charge in [-0.1, -0.05) is 26.8 Å². The number of fused-ring (bicyclic) bond motifs is 1. The summed E-state index contributed by atoms with van der Waals surface area (Å²) < 4.78 is 59.0. The van der Waals surface area contributed by atoms with Crippen LogP contribution in [-0.4, -0.2) is 90.9 Å². The van der Waals surface area contributed by atoms with Crippen molar-refractivity contribution < 1.29 is 27.0 Å². The first kappa shape index (κ1) is 31.3. The number of sulfone groups is 1. The molecular formula is C30H40F2N6O4S. The van der Waals surface area contributed by atoms with Gasteiger partial charge in [0.25, 0.3) is 5.92 Å². The van der Waals surface area contributed by atoms with Gasteiger partial charge in [-0.25, -0.2) is 27.2 Å². The molecule has 2 N–H and O–H groups in total. The molecule has 0 bridgehead atoms. The number of nitrogens with zero attached hydrogens (tertiary/aromatic N) is 5. The van der Waals surface area contributed by atoms with Crippen LogP contribution in [0, 0.1) is 5.92 Å². The standard InChI is InChI=1S/C30H40F2N6O4S/c1-5-43(40,41)17-21-16-38(20(21)4)25-7-6-22(19(2)3)23-14-28(34-15-24(23)25)35-27-8-10-33-29(36-27)37-11-9-26(42-13-12-39)30(31,32)18-37/h6-8,10,14-15,19-21,26,39H,5,9,11-13,16-18H2,1-4H3,(H,33,34,35,36)/t20-,21-,26+/m1/s1. The molecule has 0 amide bonds. The number of halogens is 2. The smallest absolute Gasteiger partial charge is 0.290 e. The van der Waals surface area contributed by atoms with Crippen LogP contribution in [0.15, 0.2) is 36.7 Å². The summed E-state index contributed by atoms with van der Waals surface area (Å²) in [6.07, 6.45) is 2.18. The molecule has 5 rings (SSSR count). The molecule has 10 nitrogen and oxygen atoms in total. The van der Waals surface area contributed by atoms with Crippen molar-refractivity contribution in [1.29, 1.82) is 0 Å². The van der Waals surface area contributed by atoms with E-state index in [4.69, 9.17) is 9.84 Å². The fraction of sp³-hybridized carbons (Fsp3) is 0.567. The minimum atomic E-state index is -3.11. The Kier molecular flexibility index (Phi) is 9.05. The molecule has 0 radical (unpaired) electrons. The minimum Gasteiger partial charge on any atom is -0.394 e. The van der Waals surface area contributed by atoms with Gasteiger partial charge in [0.2, 0.25) is 5.95 Å². The van der Waals surface area contributed by atoms with Crippen molar-refractivity contribution in [3.8, 4) is 0 Å². The Balaban J connectivity index is 1.36. The molecule has 2 aliphatic heterocycles. The predicted molar refractivity (Wildman–Crippen MR) is 164 cm³/mol. The van der Waals surface area contributed by atoms with Gasteiger partial charge in [-0.2, -0.15) is 4.98 Å². The zero-order valence-electron chi connectivity index (χ0n) is 25.0. The van der Waals surface area contributed by atoms with Crippen molar-refractivity contribution in [3.05, 3.63) is 42.2 Å². The second kappa shape index (κ2) is 12.4. The SMILES string of the molecule is CCS(=O)(=O)C[C@H]1CN(c2ccc(C(C)C)c3cc(Nc4ccnc(N5CC[C@H](OCCO)C(F)(F)C5)n4)ncc23)[C@@H]1C. The zero-order valence-corrected chi connectivity index (χ0v) is 25.8. The number of hydrogen-bond donors (Lipinski definition) is 2. The molecule has 2 aliphatic rings. The van der Waals surface area contributed by atoms with Crippen LogP contribution in [0.4, 0.5) is 32.1 Å². The van der Waals surface area contributed by atoms with Crippen LogP contribution in [0.1, 0.15) is 45.6 Å². The van der Waals surface area contributed by atoms with Gasteiger partial charge in [0.15, 0.2) is 0 Å². The second-order valence-electron chi connectivity index (χ2n) is 11.7. The van der Waals surface area contributed by atoms with E-state index in [0.717, 1.165) is 22.0 Å². The summed E-state index contributed by atoms with van der Waals surface area (Å²) in [5.74, 6) is -1.25. The van der Waals surface area contributed by atoms with Crippen LogP contribution in [-0.2, 0) is 14.6 Å². The lowest BCUT2D eigenvalue weighted by atomic mass is 9.88. The number of pyridine rings is 1. The van der Waals surface area contributed by atoms with Gasteiger partial charge in [0.1, 0.15) is 27.6 Å². The van der Waals surface area contributed by atoms with E-state index in [-0.39, 0.29) is 55.0 Å². The maximum Gasteiger partial charge on any atom is 0.290 e. The second-order valence-corrected chi connectivity index (χ2v) is 14.1. The van der Waals surface area contributed by atoms with Gasteiger partial charge in [0, 0.05) is 54.3 Å². The summed E-state index contributed by atoms with van der Waals surface area (Å²) >= 11 is 0. The van der Waals surface area contributed by atoms with Crippen molar-refractivity contribution in [2.75, 3.05) is 59.5 Å². The quantitative estimate of drug-likeness (QED) is 0.320. The summed E-state index contributed by atoms with van der Waals surface area (Å²) in [6, 6.07) is 7.93. The number of nitrogens with one attached hydrogen (secondary N) is 1. The number of aliphatic hydroxyl groups excluding tert-OH is 1. The van der Waals surface area contributed by atoms with Crippen molar-refractivity contribution in [2.45, 2.75) is 58.1 Å². The third kappa shape index (κ3) is 6.68. The van der Waals surface area contributed by atoms with E-state index in [2.05, 4.69) is 58.1 Å². The van der Waals surface area contributed by atoms with Crippen LogP contribution in [0.2, 0.25) is 0 Å². The first-order chi connectivity index (χ1) is 20.4. The Hall–Kier alpha value is -3.16. The minimum absolute atomic E-state index is 0.0874. The molecule has 13 heteroatoms. The normalized spacial score (nSPS) is 22.2. The van der Waals surface area contributed by atoms with Crippen LogP contribution >= 0.6 is 0 Å². The molecule has 4 heterocycles. The maximum atomic E-state index is 14.7. The summed E-state index contributed by atoms with van der Waals surface area (Å²) in [4.78, 5) is 17.1. The molecule has 0 saturated carbocycles. The van der Waals surface area contributed by atoms with E-state index in [0.29, 0.717) is 24.7 Å². The number of aromatic nitrogens is 3. The lowest BCUT2D eigenvalue weighted by Crippen LogP contribution is -2.57. The monoisotopic (exact) mass is 618 g/mol. The predicted octanol–water partition coefficient (Wildman–Crippen LogP) is 4.37. The molecule has 0 spiro atoms. The number of ether oxygens (including phenoxy) is 1. The largest absolute Gasteiger partial charge is 0.394 e. The molecule has 2 aromatic heterocycles. The lowest BCUT2D eigenvalue weighted by molar-refractivity contribution is -0.146. The average Bonchev–Trinajstić information content (AvgIpc) is 2.97.